The molecule has 0 heterocycles. The van der Waals surface area contributed by atoms with Crippen molar-refractivity contribution in [1.82, 2.24) is 0 Å². The number of nitrogen functional groups attached to an aromatic ring is 1. The number of rotatable bonds is 5. The monoisotopic (exact) mass is 260 g/mol. The predicted molar refractivity (Wildman–Crippen MR) is 80.0 cm³/mol. The van der Waals surface area contributed by atoms with Gasteiger partial charge in [-0.25, -0.2) is 0 Å². The van der Waals surface area contributed by atoms with Crippen molar-refractivity contribution in [3.05, 3.63) is 23.8 Å². The molecule has 0 bridgehead atoms. The summed E-state index contributed by atoms with van der Waals surface area (Å²) in [6.07, 6.45) is 8.27. The number of aryl methyl sites for hydroxylation is 1. The minimum atomic E-state index is 0.103. The summed E-state index contributed by atoms with van der Waals surface area (Å²) in [5.74, 6) is 0.966. The highest BCUT2D eigenvalue weighted by Gasteiger charge is 2.15. The normalized spacial score (nSPS) is 15.6. The van der Waals surface area contributed by atoms with Crippen LogP contribution in [0.25, 0.3) is 0 Å². The number of hydrogen-bond acceptors (Lipinski definition) is 2. The fraction of sp³-hybridized carbons (Fsp3) is 0.562. The van der Waals surface area contributed by atoms with Crippen LogP contribution in [0.4, 0.5) is 11.4 Å². The molecule has 1 aromatic carbocycles. The van der Waals surface area contributed by atoms with E-state index in [0.717, 1.165) is 23.6 Å². The second-order valence-corrected chi connectivity index (χ2v) is 5.67. The average molecular weight is 260 g/mol. The lowest BCUT2D eigenvalue weighted by Crippen LogP contribution is -2.12. The first-order valence-corrected chi connectivity index (χ1v) is 7.31. The maximum absolute atomic E-state index is 11.9. The Morgan fingerprint density at radius 3 is 2.84 bits per heavy atom. The van der Waals surface area contributed by atoms with E-state index in [1.54, 1.807) is 0 Å². The Kier molecular flexibility index (Phi) is 4.83. The van der Waals surface area contributed by atoms with E-state index in [1.807, 2.05) is 25.1 Å². The number of nitrogens with two attached hydrogens (primary N) is 1. The van der Waals surface area contributed by atoms with Crippen LogP contribution in [0.15, 0.2) is 18.2 Å². The molecule has 0 saturated heterocycles. The first-order valence-electron chi connectivity index (χ1n) is 7.31. The highest BCUT2D eigenvalue weighted by atomic mass is 16.1. The van der Waals surface area contributed by atoms with Gasteiger partial charge in [-0.2, -0.15) is 0 Å². The molecule has 1 fully saturated rings. The minimum Gasteiger partial charge on any atom is -0.399 e. The predicted octanol–water partition coefficient (Wildman–Crippen LogP) is 3.88. The third kappa shape index (κ3) is 4.27. The lowest BCUT2D eigenvalue weighted by atomic mass is 10.0. The first-order chi connectivity index (χ1) is 9.15. The Morgan fingerprint density at radius 1 is 1.37 bits per heavy atom. The van der Waals surface area contributed by atoms with E-state index in [9.17, 15) is 4.79 Å². The quantitative estimate of drug-likeness (QED) is 0.789. The van der Waals surface area contributed by atoms with Gasteiger partial charge in [0.05, 0.1) is 0 Å². The number of nitrogens with one attached hydrogen (secondary N) is 1. The Bertz CT molecular complexity index is 436. The highest BCUT2D eigenvalue weighted by molar-refractivity contribution is 5.91. The zero-order chi connectivity index (χ0) is 13.7. The van der Waals surface area contributed by atoms with Gasteiger partial charge in [-0.05, 0) is 43.4 Å². The third-order valence-corrected chi connectivity index (χ3v) is 4.03. The van der Waals surface area contributed by atoms with Gasteiger partial charge in [-0.15, -0.1) is 0 Å². The molecule has 3 nitrogen and oxygen atoms in total. The van der Waals surface area contributed by atoms with E-state index in [4.69, 9.17) is 5.73 Å². The minimum absolute atomic E-state index is 0.103. The van der Waals surface area contributed by atoms with Crippen molar-refractivity contribution in [2.24, 2.45) is 5.92 Å². The molecule has 1 amide bonds. The molecular formula is C16H24N2O. The number of anilines is 2. The Morgan fingerprint density at radius 2 is 2.11 bits per heavy atom. The molecule has 3 heteroatoms. The second-order valence-electron chi connectivity index (χ2n) is 5.67. The van der Waals surface area contributed by atoms with Crippen molar-refractivity contribution in [2.75, 3.05) is 11.1 Å². The summed E-state index contributed by atoms with van der Waals surface area (Å²) in [5.41, 5.74) is 8.31. The molecule has 0 atom stereocenters. The molecule has 0 aliphatic heterocycles. The molecule has 104 valence electrons. The molecule has 3 N–H and O–H groups in total. The first kappa shape index (κ1) is 13.9. The van der Waals surface area contributed by atoms with Crippen LogP contribution in [0.2, 0.25) is 0 Å². The van der Waals surface area contributed by atoms with Gasteiger partial charge < -0.3 is 11.1 Å². The zero-order valence-electron chi connectivity index (χ0n) is 11.7. The SMILES string of the molecule is Cc1ccc(N)cc1NC(=O)CCCC1CCCC1. The van der Waals surface area contributed by atoms with E-state index >= 15 is 0 Å². The molecule has 1 aliphatic carbocycles. The fourth-order valence-corrected chi connectivity index (χ4v) is 2.84. The van der Waals surface area contributed by atoms with Gasteiger partial charge in [0.2, 0.25) is 5.91 Å². The van der Waals surface area contributed by atoms with Crippen molar-refractivity contribution in [1.29, 1.82) is 0 Å². The van der Waals surface area contributed by atoms with E-state index in [-0.39, 0.29) is 5.91 Å². The molecule has 1 aromatic rings. The van der Waals surface area contributed by atoms with Crippen LogP contribution >= 0.6 is 0 Å². The summed E-state index contributed by atoms with van der Waals surface area (Å²) in [6.45, 7) is 1.98. The van der Waals surface area contributed by atoms with Gasteiger partial charge in [-0.1, -0.05) is 31.7 Å². The number of carbonyl (C=O) groups is 1. The maximum atomic E-state index is 11.9. The summed E-state index contributed by atoms with van der Waals surface area (Å²) >= 11 is 0. The van der Waals surface area contributed by atoms with Crippen molar-refractivity contribution in [2.45, 2.75) is 51.9 Å². The maximum Gasteiger partial charge on any atom is 0.224 e. The standard InChI is InChI=1S/C16H24N2O/c1-12-9-10-14(17)11-15(12)18-16(19)8-4-7-13-5-2-3-6-13/h9-11,13H,2-8,17H2,1H3,(H,18,19). The molecule has 0 radical (unpaired) electrons. The van der Waals surface area contributed by atoms with Crippen molar-refractivity contribution >= 4 is 17.3 Å². The van der Waals surface area contributed by atoms with Gasteiger partial charge in [0.25, 0.3) is 0 Å². The lowest BCUT2D eigenvalue weighted by molar-refractivity contribution is -0.116. The number of amides is 1. The second kappa shape index (κ2) is 6.60. The van der Waals surface area contributed by atoms with Crippen LogP contribution in [0, 0.1) is 12.8 Å². The molecule has 19 heavy (non-hydrogen) atoms. The van der Waals surface area contributed by atoms with E-state index in [2.05, 4.69) is 5.32 Å². The largest absolute Gasteiger partial charge is 0.399 e. The topological polar surface area (TPSA) is 55.1 Å². The van der Waals surface area contributed by atoms with Gasteiger partial charge in [0.1, 0.15) is 0 Å². The van der Waals surface area contributed by atoms with Gasteiger partial charge in [0, 0.05) is 17.8 Å². The molecular weight excluding hydrogens is 236 g/mol. The third-order valence-electron chi connectivity index (χ3n) is 4.03. The summed E-state index contributed by atoms with van der Waals surface area (Å²) in [5, 5.41) is 2.96. The van der Waals surface area contributed by atoms with Crippen molar-refractivity contribution < 1.29 is 4.79 Å². The smallest absolute Gasteiger partial charge is 0.224 e. The van der Waals surface area contributed by atoms with Crippen LogP contribution in [-0.4, -0.2) is 5.91 Å². The summed E-state index contributed by atoms with van der Waals surface area (Å²) in [4.78, 5) is 11.9. The number of hydrogen-bond donors (Lipinski definition) is 2. The van der Waals surface area contributed by atoms with Gasteiger partial charge >= 0.3 is 0 Å². The molecule has 1 aliphatic rings. The van der Waals surface area contributed by atoms with E-state index in [0.29, 0.717) is 12.1 Å². The van der Waals surface area contributed by atoms with Gasteiger partial charge in [-0.3, -0.25) is 4.79 Å². The molecule has 0 unspecified atom stereocenters. The fourth-order valence-electron chi connectivity index (χ4n) is 2.84. The van der Waals surface area contributed by atoms with Crippen molar-refractivity contribution in [3.63, 3.8) is 0 Å². The Hall–Kier alpha value is -1.51. The zero-order valence-corrected chi connectivity index (χ0v) is 11.7. The summed E-state index contributed by atoms with van der Waals surface area (Å²) in [6, 6.07) is 5.61. The summed E-state index contributed by atoms with van der Waals surface area (Å²) in [7, 11) is 0. The lowest BCUT2D eigenvalue weighted by Gasteiger charge is -2.10. The summed E-state index contributed by atoms with van der Waals surface area (Å²) < 4.78 is 0. The Balaban J connectivity index is 1.75. The molecule has 0 spiro atoms. The van der Waals surface area contributed by atoms with Crippen LogP contribution < -0.4 is 11.1 Å². The van der Waals surface area contributed by atoms with Crippen molar-refractivity contribution in [3.8, 4) is 0 Å². The van der Waals surface area contributed by atoms with E-state index < -0.39 is 0 Å². The van der Waals surface area contributed by atoms with Gasteiger partial charge in [0.15, 0.2) is 0 Å². The van der Waals surface area contributed by atoms with Crippen LogP contribution in [-0.2, 0) is 4.79 Å². The molecule has 2 rings (SSSR count). The van der Waals surface area contributed by atoms with Crippen LogP contribution in [0.3, 0.4) is 0 Å². The van der Waals surface area contributed by atoms with Crippen LogP contribution in [0.5, 0.6) is 0 Å². The van der Waals surface area contributed by atoms with Crippen LogP contribution in [0.1, 0.15) is 50.5 Å². The highest BCUT2D eigenvalue weighted by Crippen LogP contribution is 2.29. The number of benzene rings is 1. The molecule has 0 aromatic heterocycles. The Labute approximate surface area is 115 Å². The molecule has 1 saturated carbocycles. The average Bonchev–Trinajstić information content (AvgIpc) is 2.87. The number of carbonyl (C=O) groups excluding carboxylic acids is 1. The van der Waals surface area contributed by atoms with E-state index in [1.165, 1.54) is 32.1 Å².